The Morgan fingerprint density at radius 1 is 0.491 bits per heavy atom. The van der Waals surface area contributed by atoms with Crippen molar-refractivity contribution in [1.82, 2.24) is 18.5 Å². The largest absolute Gasteiger partial charge is 0.458 e. The minimum atomic E-state index is 0.0105. The molecule has 4 aromatic heterocycles. The Labute approximate surface area is 329 Å². The Bertz CT molecular complexity index is 3670. The third-order valence-electron chi connectivity index (χ3n) is 12.2. The van der Waals surface area contributed by atoms with Gasteiger partial charge in [-0.1, -0.05) is 97.1 Å². The fourth-order valence-corrected chi connectivity index (χ4v) is 11.0. The third-order valence-corrected chi connectivity index (χ3v) is 13.4. The summed E-state index contributed by atoms with van der Waals surface area (Å²) in [5, 5.41) is 4.84. The first-order valence-electron chi connectivity index (χ1n) is 19.2. The molecule has 6 heterocycles. The average Bonchev–Trinajstić information content (AvgIpc) is 4.00. The summed E-state index contributed by atoms with van der Waals surface area (Å²) in [4.78, 5) is 5.66. The molecule has 0 amide bonds. The quantitative estimate of drug-likeness (QED) is 0.166. The molecule has 8 heteroatoms. The molecule has 0 saturated carbocycles. The number of hydrogen-bond acceptors (Lipinski definition) is 4. The highest BCUT2D eigenvalue weighted by Gasteiger charge is 2.40. The molecule has 0 radical (unpaired) electrons. The molecular weight excluding hydrogens is 719 g/mol. The van der Waals surface area contributed by atoms with Crippen LogP contribution in [0.1, 0.15) is 0 Å². The highest BCUT2D eigenvalue weighted by molar-refractivity contribution is 7.26. The smallest absolute Gasteiger partial charge is 0.260 e. The normalized spacial score (nSPS) is 13.2. The van der Waals surface area contributed by atoms with Crippen LogP contribution in [0.4, 0.5) is 0 Å². The van der Waals surface area contributed by atoms with E-state index in [1.54, 1.807) is 0 Å². The number of thiophene rings is 1. The van der Waals surface area contributed by atoms with Gasteiger partial charge in [0.1, 0.15) is 28.5 Å². The summed E-state index contributed by atoms with van der Waals surface area (Å²) in [7, 11) is 0. The van der Waals surface area contributed by atoms with E-state index in [1.807, 2.05) is 23.5 Å². The van der Waals surface area contributed by atoms with Gasteiger partial charge in [-0.05, 0) is 65.5 Å². The van der Waals surface area contributed by atoms with E-state index >= 15 is 0 Å². The van der Waals surface area contributed by atoms with Crippen LogP contribution < -0.4 is 25.9 Å². The van der Waals surface area contributed by atoms with Gasteiger partial charge in [-0.15, -0.1) is 11.3 Å². The van der Waals surface area contributed by atoms with E-state index in [4.69, 9.17) is 14.5 Å². The highest BCUT2D eigenvalue weighted by atomic mass is 32.1. The van der Waals surface area contributed by atoms with Crippen molar-refractivity contribution in [2.75, 3.05) is 0 Å². The van der Waals surface area contributed by atoms with Crippen molar-refractivity contribution in [3.8, 4) is 34.4 Å². The summed E-state index contributed by atoms with van der Waals surface area (Å²) in [5.41, 5.74) is 11.8. The van der Waals surface area contributed by atoms with Crippen molar-refractivity contribution in [3.63, 3.8) is 0 Å². The maximum atomic E-state index is 6.78. The molecule has 264 valence electrons. The second-order valence-electron chi connectivity index (χ2n) is 15.1. The fourth-order valence-electron chi connectivity index (χ4n) is 9.84. The summed E-state index contributed by atoms with van der Waals surface area (Å²) >= 11 is 1.84. The molecule has 12 aromatic rings. The maximum absolute atomic E-state index is 6.78. The zero-order valence-corrected chi connectivity index (χ0v) is 31.0. The van der Waals surface area contributed by atoms with E-state index in [1.165, 1.54) is 20.2 Å². The molecule has 0 fully saturated rings. The van der Waals surface area contributed by atoms with Crippen LogP contribution in [-0.2, 0) is 0 Å². The molecule has 2 aliphatic rings. The molecular formula is C49H27BN4O2S. The molecule has 0 saturated heterocycles. The Balaban J connectivity index is 1.08. The van der Waals surface area contributed by atoms with E-state index in [2.05, 4.69) is 165 Å². The number of ether oxygens (including phenoxy) is 2. The SMILES string of the molecule is c1ccc2c(c1)Oc1cc(-n3c4ccccc4c4ccc5c(nc6n(-c7cccc8c7sc7ccccc78)c7ccccc7n56)c43)cc3c1B2c1ccccc1O3. The Hall–Kier alpha value is -7.29. The van der Waals surface area contributed by atoms with Gasteiger partial charge in [0.25, 0.3) is 6.71 Å². The number of aromatic nitrogens is 4. The number of nitrogens with zero attached hydrogens (tertiary/aromatic N) is 4. The Kier molecular flexibility index (Phi) is 5.64. The van der Waals surface area contributed by atoms with E-state index in [9.17, 15) is 0 Å². The van der Waals surface area contributed by atoms with Gasteiger partial charge in [-0.3, -0.25) is 8.97 Å². The van der Waals surface area contributed by atoms with Crippen LogP contribution in [-0.4, -0.2) is 25.2 Å². The predicted molar refractivity (Wildman–Crippen MR) is 234 cm³/mol. The number of para-hydroxylation sites is 5. The topological polar surface area (TPSA) is 45.6 Å². The predicted octanol–water partition coefficient (Wildman–Crippen LogP) is 10.6. The molecule has 8 aromatic carbocycles. The zero-order valence-electron chi connectivity index (χ0n) is 30.2. The van der Waals surface area contributed by atoms with Crippen molar-refractivity contribution in [2.45, 2.75) is 0 Å². The first kappa shape index (κ1) is 30.0. The number of benzene rings is 8. The Morgan fingerprint density at radius 3 is 1.93 bits per heavy atom. The summed E-state index contributed by atoms with van der Waals surface area (Å²) in [5.74, 6) is 4.24. The first-order valence-corrected chi connectivity index (χ1v) is 20.1. The van der Waals surface area contributed by atoms with Crippen LogP contribution in [0.15, 0.2) is 164 Å². The van der Waals surface area contributed by atoms with Gasteiger partial charge in [-0.25, -0.2) is 4.98 Å². The van der Waals surface area contributed by atoms with Crippen molar-refractivity contribution in [3.05, 3.63) is 164 Å². The summed E-state index contributed by atoms with van der Waals surface area (Å²) < 4.78 is 23.1. The van der Waals surface area contributed by atoms with Crippen molar-refractivity contribution in [2.24, 2.45) is 0 Å². The fraction of sp³-hybridized carbons (Fsp3) is 0. The second-order valence-corrected chi connectivity index (χ2v) is 16.1. The average molecular weight is 747 g/mol. The molecule has 14 rings (SSSR count). The van der Waals surface area contributed by atoms with Crippen LogP contribution in [0.2, 0.25) is 0 Å². The van der Waals surface area contributed by atoms with Gasteiger partial charge < -0.3 is 14.0 Å². The molecule has 0 unspecified atom stereocenters. The minimum Gasteiger partial charge on any atom is -0.458 e. The van der Waals surface area contributed by atoms with E-state index in [-0.39, 0.29) is 6.71 Å². The molecule has 6 nitrogen and oxygen atoms in total. The van der Waals surface area contributed by atoms with Gasteiger partial charge in [0.15, 0.2) is 0 Å². The van der Waals surface area contributed by atoms with Crippen molar-refractivity contribution in [1.29, 1.82) is 0 Å². The summed E-state index contributed by atoms with van der Waals surface area (Å²) in [6.07, 6.45) is 0. The molecule has 0 atom stereocenters. The van der Waals surface area contributed by atoms with Crippen molar-refractivity contribution >= 4 is 104 Å². The lowest BCUT2D eigenvalue weighted by Crippen LogP contribution is -2.57. The van der Waals surface area contributed by atoms with Gasteiger partial charge in [0, 0.05) is 43.8 Å². The van der Waals surface area contributed by atoms with Crippen molar-refractivity contribution < 1.29 is 9.47 Å². The number of fused-ring (bicyclic) bond motifs is 16. The van der Waals surface area contributed by atoms with E-state index < -0.39 is 0 Å². The molecule has 0 N–H and O–H groups in total. The number of imidazole rings is 2. The maximum Gasteiger partial charge on any atom is 0.260 e. The lowest BCUT2D eigenvalue weighted by Gasteiger charge is -2.33. The molecule has 2 aliphatic heterocycles. The lowest BCUT2D eigenvalue weighted by atomic mass is 9.35. The first-order chi connectivity index (χ1) is 28.3. The molecule has 0 aliphatic carbocycles. The summed E-state index contributed by atoms with van der Waals surface area (Å²) in [6, 6.07) is 58.3. The summed E-state index contributed by atoms with van der Waals surface area (Å²) in [6.45, 7) is 0.0105. The van der Waals surface area contributed by atoms with Crippen LogP contribution in [0.25, 0.3) is 81.2 Å². The van der Waals surface area contributed by atoms with E-state index in [0.717, 1.165) is 100 Å². The zero-order chi connectivity index (χ0) is 36.9. The number of hydrogen-bond donors (Lipinski definition) is 0. The molecule has 0 bridgehead atoms. The van der Waals surface area contributed by atoms with Gasteiger partial charge >= 0.3 is 0 Å². The number of rotatable bonds is 2. The van der Waals surface area contributed by atoms with E-state index in [0.29, 0.717) is 0 Å². The Morgan fingerprint density at radius 2 is 1.14 bits per heavy atom. The van der Waals surface area contributed by atoms with Gasteiger partial charge in [-0.2, -0.15) is 0 Å². The lowest BCUT2D eigenvalue weighted by molar-refractivity contribution is 0.464. The van der Waals surface area contributed by atoms with Crippen LogP contribution >= 0.6 is 11.3 Å². The second kappa shape index (κ2) is 10.7. The molecule has 0 spiro atoms. The monoisotopic (exact) mass is 746 g/mol. The third kappa shape index (κ3) is 3.82. The standard InChI is InChI=1S/C49H27BN4O2S/c1-5-17-35-29(12-1)31-24-25-38-46(51-49-53(38)36-18-6-7-19-37(36)54(49)39-20-11-14-32-30-13-2-10-23-44(30)57-48(32)39)47(31)52(35)28-26-42-45-43(27-28)56-41-22-9-4-16-34(41)50(45)33-15-3-8-21-40(33)55-42/h1-27H. The minimum absolute atomic E-state index is 0.0105. The van der Waals surface area contributed by atoms with Gasteiger partial charge in [0.05, 0.1) is 43.7 Å². The van der Waals surface area contributed by atoms with Gasteiger partial charge in [0.2, 0.25) is 5.78 Å². The molecule has 57 heavy (non-hydrogen) atoms. The van der Waals surface area contributed by atoms with Crippen LogP contribution in [0.3, 0.4) is 0 Å². The highest BCUT2D eigenvalue weighted by Crippen LogP contribution is 2.43. The van der Waals surface area contributed by atoms with Crippen LogP contribution in [0, 0.1) is 0 Å². The van der Waals surface area contributed by atoms with Crippen LogP contribution in [0.5, 0.6) is 23.0 Å².